The molecule has 1 amide bonds. The van der Waals surface area contributed by atoms with E-state index in [1.54, 1.807) is 18.2 Å². The third-order valence-corrected chi connectivity index (χ3v) is 2.96. The molecular formula is C10H11Cl2NOS. The van der Waals surface area contributed by atoms with Crippen molar-refractivity contribution in [3.63, 3.8) is 0 Å². The number of carbonyl (C=O) groups is 1. The van der Waals surface area contributed by atoms with Crippen LogP contribution in [0.4, 0.5) is 10.5 Å². The van der Waals surface area contributed by atoms with Crippen molar-refractivity contribution in [2.45, 2.75) is 6.92 Å². The third-order valence-electron chi connectivity index (χ3n) is 1.73. The summed E-state index contributed by atoms with van der Waals surface area (Å²) in [6.07, 6.45) is 0. The van der Waals surface area contributed by atoms with E-state index in [0.717, 1.165) is 11.4 Å². The summed E-state index contributed by atoms with van der Waals surface area (Å²) in [5.74, 6) is 0.729. The highest BCUT2D eigenvalue weighted by molar-refractivity contribution is 8.13. The van der Waals surface area contributed by atoms with Crippen LogP contribution in [0.15, 0.2) is 24.3 Å². The summed E-state index contributed by atoms with van der Waals surface area (Å²) < 4.78 is 0. The molecule has 0 unspecified atom stereocenters. The van der Waals surface area contributed by atoms with Crippen LogP contribution in [0.2, 0.25) is 5.02 Å². The van der Waals surface area contributed by atoms with Crippen LogP contribution >= 0.6 is 35.0 Å². The van der Waals surface area contributed by atoms with Crippen LogP contribution in [0, 0.1) is 0 Å². The van der Waals surface area contributed by atoms with Gasteiger partial charge in [0.25, 0.3) is 5.24 Å². The lowest BCUT2D eigenvalue weighted by molar-refractivity contribution is 0.266. The van der Waals surface area contributed by atoms with Crippen LogP contribution < -0.4 is 4.90 Å². The number of alkyl halides is 1. The van der Waals surface area contributed by atoms with E-state index in [1.165, 1.54) is 16.7 Å². The minimum absolute atomic E-state index is 0.0604. The number of rotatable bonds is 3. The van der Waals surface area contributed by atoms with E-state index in [1.807, 2.05) is 13.0 Å². The lowest BCUT2D eigenvalue weighted by Gasteiger charge is -2.18. The molecule has 0 atom stereocenters. The average Bonchev–Trinajstić information content (AvgIpc) is 2.19. The van der Waals surface area contributed by atoms with Crippen LogP contribution in [-0.2, 0) is 0 Å². The molecule has 0 N–H and O–H groups in total. The first-order valence-electron chi connectivity index (χ1n) is 4.45. The van der Waals surface area contributed by atoms with E-state index >= 15 is 0 Å². The maximum absolute atomic E-state index is 11.6. The Kier molecular flexibility index (Phi) is 5.29. The third kappa shape index (κ3) is 3.59. The van der Waals surface area contributed by atoms with E-state index in [-0.39, 0.29) is 11.2 Å². The average molecular weight is 264 g/mol. The largest absolute Gasteiger partial charge is 0.289 e. The Morgan fingerprint density at radius 1 is 1.53 bits per heavy atom. The Hall–Kier alpha value is -0.380. The van der Waals surface area contributed by atoms with Gasteiger partial charge in [0.1, 0.15) is 6.00 Å². The molecule has 0 heterocycles. The molecule has 1 aromatic rings. The molecule has 1 aromatic carbocycles. The molecule has 0 radical (unpaired) electrons. The second kappa shape index (κ2) is 6.26. The number of carbonyl (C=O) groups excluding carboxylic acids is 1. The van der Waals surface area contributed by atoms with Gasteiger partial charge in [0.05, 0.1) is 0 Å². The zero-order valence-corrected chi connectivity index (χ0v) is 10.6. The molecule has 5 heteroatoms. The summed E-state index contributed by atoms with van der Waals surface area (Å²) in [4.78, 5) is 13.1. The Bertz CT molecular complexity index is 346. The molecule has 0 spiro atoms. The van der Waals surface area contributed by atoms with Gasteiger partial charge in [0, 0.05) is 10.7 Å². The number of hydrogen-bond donors (Lipinski definition) is 0. The van der Waals surface area contributed by atoms with E-state index in [9.17, 15) is 4.79 Å². The zero-order valence-electron chi connectivity index (χ0n) is 8.24. The summed E-state index contributed by atoms with van der Waals surface area (Å²) in [7, 11) is 0. The topological polar surface area (TPSA) is 20.3 Å². The van der Waals surface area contributed by atoms with Crippen molar-refractivity contribution in [3.05, 3.63) is 29.3 Å². The number of halogens is 2. The van der Waals surface area contributed by atoms with E-state index < -0.39 is 0 Å². The van der Waals surface area contributed by atoms with Gasteiger partial charge in [0.15, 0.2) is 0 Å². The highest BCUT2D eigenvalue weighted by atomic mass is 35.5. The van der Waals surface area contributed by atoms with Gasteiger partial charge in [-0.05, 0) is 24.0 Å². The summed E-state index contributed by atoms with van der Waals surface area (Å²) in [6.45, 7) is 1.92. The maximum Gasteiger partial charge on any atom is 0.287 e. The summed E-state index contributed by atoms with van der Waals surface area (Å²) in [5, 5.41) is 0.534. The highest BCUT2D eigenvalue weighted by Crippen LogP contribution is 2.23. The van der Waals surface area contributed by atoms with Gasteiger partial charge in [-0.2, -0.15) is 0 Å². The minimum Gasteiger partial charge on any atom is -0.289 e. The molecule has 0 aliphatic heterocycles. The van der Waals surface area contributed by atoms with E-state index in [4.69, 9.17) is 23.2 Å². The van der Waals surface area contributed by atoms with Gasteiger partial charge < -0.3 is 0 Å². The maximum atomic E-state index is 11.6. The van der Waals surface area contributed by atoms with Crippen molar-refractivity contribution >= 4 is 45.9 Å². The number of nitrogens with zero attached hydrogens (tertiary/aromatic N) is 1. The number of anilines is 1. The second-order valence-electron chi connectivity index (χ2n) is 2.73. The van der Waals surface area contributed by atoms with Gasteiger partial charge in [0.2, 0.25) is 0 Å². The van der Waals surface area contributed by atoms with Gasteiger partial charge in [-0.1, -0.05) is 36.4 Å². The van der Waals surface area contributed by atoms with Crippen LogP contribution in [0.1, 0.15) is 6.92 Å². The fourth-order valence-corrected chi connectivity index (χ4v) is 2.14. The van der Waals surface area contributed by atoms with Crippen LogP contribution in [-0.4, -0.2) is 17.0 Å². The first-order valence-corrected chi connectivity index (χ1v) is 6.34. The van der Waals surface area contributed by atoms with E-state index in [2.05, 4.69) is 0 Å². The first kappa shape index (κ1) is 12.7. The molecule has 0 bridgehead atoms. The van der Waals surface area contributed by atoms with E-state index in [0.29, 0.717) is 5.02 Å². The highest BCUT2D eigenvalue weighted by Gasteiger charge is 2.14. The summed E-state index contributed by atoms with van der Waals surface area (Å²) in [6, 6.07) is 7.21. The summed E-state index contributed by atoms with van der Waals surface area (Å²) in [5.41, 5.74) is 0.725. The Morgan fingerprint density at radius 2 is 2.27 bits per heavy atom. The molecule has 0 fully saturated rings. The Balaban J connectivity index is 2.87. The van der Waals surface area contributed by atoms with Crippen molar-refractivity contribution in [1.29, 1.82) is 0 Å². The number of thioether (sulfide) groups is 1. The van der Waals surface area contributed by atoms with Gasteiger partial charge >= 0.3 is 0 Å². The fraction of sp³-hybridized carbons (Fsp3) is 0.300. The molecule has 82 valence electrons. The van der Waals surface area contributed by atoms with Gasteiger partial charge in [-0.3, -0.25) is 9.69 Å². The van der Waals surface area contributed by atoms with Crippen molar-refractivity contribution in [2.24, 2.45) is 0 Å². The Labute approximate surface area is 104 Å². The van der Waals surface area contributed by atoms with Crippen LogP contribution in [0.25, 0.3) is 0 Å². The lowest BCUT2D eigenvalue weighted by Crippen LogP contribution is -2.25. The van der Waals surface area contributed by atoms with Crippen molar-refractivity contribution in [2.75, 3.05) is 16.7 Å². The molecule has 0 aromatic heterocycles. The van der Waals surface area contributed by atoms with Gasteiger partial charge in [-0.25, -0.2) is 0 Å². The molecule has 15 heavy (non-hydrogen) atoms. The van der Waals surface area contributed by atoms with Crippen molar-refractivity contribution in [1.82, 2.24) is 0 Å². The standard InChI is InChI=1S/C10H11Cl2NOS/c1-2-15-10(14)13(7-11)9-5-3-4-8(12)6-9/h3-6H,2,7H2,1H3. The molecule has 0 saturated heterocycles. The number of hydrogen-bond acceptors (Lipinski definition) is 2. The zero-order chi connectivity index (χ0) is 11.3. The smallest absolute Gasteiger partial charge is 0.287 e. The predicted molar refractivity (Wildman–Crippen MR) is 68.2 cm³/mol. The molecule has 0 aliphatic carbocycles. The normalized spacial score (nSPS) is 10.1. The quantitative estimate of drug-likeness (QED) is 0.602. The second-order valence-corrected chi connectivity index (χ2v) is 4.62. The van der Waals surface area contributed by atoms with Crippen LogP contribution in [0.5, 0.6) is 0 Å². The number of amides is 1. The van der Waals surface area contributed by atoms with Crippen molar-refractivity contribution in [3.8, 4) is 0 Å². The summed E-state index contributed by atoms with van der Waals surface area (Å²) >= 11 is 12.8. The molecular weight excluding hydrogens is 253 g/mol. The SMILES string of the molecule is CCSC(=O)N(CCl)c1cccc(Cl)c1. The first-order chi connectivity index (χ1) is 7.19. The van der Waals surface area contributed by atoms with Crippen molar-refractivity contribution < 1.29 is 4.79 Å². The number of benzene rings is 1. The molecule has 2 nitrogen and oxygen atoms in total. The molecule has 0 saturated carbocycles. The monoisotopic (exact) mass is 263 g/mol. The fourth-order valence-electron chi connectivity index (χ4n) is 1.07. The minimum atomic E-state index is -0.0604. The predicted octanol–water partition coefficient (Wildman–Crippen LogP) is 4.22. The molecule has 1 rings (SSSR count). The Morgan fingerprint density at radius 3 is 2.80 bits per heavy atom. The van der Waals surface area contributed by atoms with Crippen LogP contribution in [0.3, 0.4) is 0 Å². The molecule has 0 aliphatic rings. The lowest BCUT2D eigenvalue weighted by atomic mass is 10.3. The van der Waals surface area contributed by atoms with Gasteiger partial charge in [-0.15, -0.1) is 11.6 Å².